The third kappa shape index (κ3) is 2.05. The van der Waals surface area contributed by atoms with Crippen LogP contribution in [-0.2, 0) is 6.61 Å². The van der Waals surface area contributed by atoms with Gasteiger partial charge >= 0.3 is 0 Å². The molecule has 1 N–H and O–H groups in total. The number of rotatable bonds is 2. The van der Waals surface area contributed by atoms with Crippen LogP contribution >= 0.6 is 15.9 Å². The molecule has 0 saturated heterocycles. The van der Waals surface area contributed by atoms with E-state index in [9.17, 15) is 5.11 Å². The zero-order chi connectivity index (χ0) is 13.4. The molecule has 0 aliphatic rings. The van der Waals surface area contributed by atoms with E-state index in [1.54, 1.807) is 6.20 Å². The molecule has 0 atom stereocenters. The van der Waals surface area contributed by atoms with Crippen LogP contribution in [0.4, 0.5) is 0 Å². The average molecular weight is 318 g/mol. The molecule has 0 aromatic carbocycles. The van der Waals surface area contributed by atoms with Gasteiger partial charge in [0.15, 0.2) is 5.65 Å². The van der Waals surface area contributed by atoms with E-state index in [4.69, 9.17) is 0 Å². The number of halogens is 1. The van der Waals surface area contributed by atoms with Crippen molar-refractivity contribution in [2.45, 2.75) is 13.5 Å². The summed E-state index contributed by atoms with van der Waals surface area (Å²) >= 11 is 3.51. The molecule has 0 radical (unpaired) electrons. The summed E-state index contributed by atoms with van der Waals surface area (Å²) in [5, 5.41) is 9.64. The second kappa shape index (κ2) is 4.75. The largest absolute Gasteiger partial charge is 0.390 e. The molecule has 19 heavy (non-hydrogen) atoms. The summed E-state index contributed by atoms with van der Waals surface area (Å²) in [4.78, 5) is 8.89. The highest BCUT2D eigenvalue weighted by atomic mass is 79.9. The van der Waals surface area contributed by atoms with Crippen molar-refractivity contribution in [3.8, 4) is 11.4 Å². The minimum absolute atomic E-state index is 0.0804. The van der Waals surface area contributed by atoms with E-state index >= 15 is 0 Å². The van der Waals surface area contributed by atoms with E-state index in [0.29, 0.717) is 0 Å². The first-order valence-electron chi connectivity index (χ1n) is 5.90. The van der Waals surface area contributed by atoms with Crippen molar-refractivity contribution in [3.63, 3.8) is 0 Å². The van der Waals surface area contributed by atoms with Gasteiger partial charge in [0.1, 0.15) is 5.69 Å². The van der Waals surface area contributed by atoms with Crippen molar-refractivity contribution in [2.75, 3.05) is 0 Å². The topological polar surface area (TPSA) is 50.4 Å². The van der Waals surface area contributed by atoms with Gasteiger partial charge in [0.2, 0.25) is 0 Å². The van der Waals surface area contributed by atoms with Crippen molar-refractivity contribution in [3.05, 3.63) is 52.4 Å². The van der Waals surface area contributed by atoms with E-state index in [1.165, 1.54) is 0 Å². The number of imidazole rings is 1. The average Bonchev–Trinajstić information content (AvgIpc) is 2.78. The van der Waals surface area contributed by atoms with E-state index in [2.05, 4.69) is 25.9 Å². The van der Waals surface area contributed by atoms with Crippen LogP contribution in [0.5, 0.6) is 0 Å². The van der Waals surface area contributed by atoms with Gasteiger partial charge in [-0.1, -0.05) is 6.07 Å². The monoisotopic (exact) mass is 317 g/mol. The van der Waals surface area contributed by atoms with Crippen molar-refractivity contribution >= 4 is 21.6 Å². The number of aromatic nitrogens is 3. The summed E-state index contributed by atoms with van der Waals surface area (Å²) in [7, 11) is 0. The Bertz CT molecular complexity index is 737. The van der Waals surface area contributed by atoms with Crippen molar-refractivity contribution in [1.82, 2.24) is 14.4 Å². The van der Waals surface area contributed by atoms with Crippen LogP contribution in [0, 0.1) is 6.92 Å². The molecule has 5 heteroatoms. The quantitative estimate of drug-likeness (QED) is 0.790. The Morgan fingerprint density at radius 1 is 1.37 bits per heavy atom. The molecule has 0 aliphatic heterocycles. The number of fused-ring (bicyclic) bond motifs is 1. The Morgan fingerprint density at radius 3 is 2.89 bits per heavy atom. The highest BCUT2D eigenvalue weighted by molar-refractivity contribution is 9.10. The summed E-state index contributed by atoms with van der Waals surface area (Å²) < 4.78 is 2.81. The number of nitrogens with zero attached hydrogens (tertiary/aromatic N) is 3. The highest BCUT2D eigenvalue weighted by Gasteiger charge is 2.15. The van der Waals surface area contributed by atoms with Crippen LogP contribution in [0.3, 0.4) is 0 Å². The van der Waals surface area contributed by atoms with Crippen molar-refractivity contribution in [1.29, 1.82) is 0 Å². The predicted octanol–water partition coefficient (Wildman–Crippen LogP) is 2.96. The molecule has 4 nitrogen and oxygen atoms in total. The molecule has 0 aliphatic carbocycles. The maximum atomic E-state index is 9.64. The Morgan fingerprint density at radius 2 is 2.21 bits per heavy atom. The van der Waals surface area contributed by atoms with Gasteiger partial charge in [-0.05, 0) is 46.6 Å². The first-order valence-corrected chi connectivity index (χ1v) is 6.69. The fourth-order valence-electron chi connectivity index (χ4n) is 2.14. The summed E-state index contributed by atoms with van der Waals surface area (Å²) in [6, 6.07) is 7.67. The van der Waals surface area contributed by atoms with E-state index in [0.717, 1.165) is 32.8 Å². The number of hydrogen-bond donors (Lipinski definition) is 1. The second-order valence-corrected chi connectivity index (χ2v) is 5.19. The van der Waals surface area contributed by atoms with Crippen LogP contribution in [-0.4, -0.2) is 19.5 Å². The number of hydrogen-bond acceptors (Lipinski definition) is 3. The van der Waals surface area contributed by atoms with Crippen LogP contribution in [0.15, 0.2) is 41.1 Å². The molecule has 0 bridgehead atoms. The number of aliphatic hydroxyl groups excluding tert-OH is 1. The fourth-order valence-corrected chi connectivity index (χ4v) is 2.78. The highest BCUT2D eigenvalue weighted by Crippen LogP contribution is 2.27. The summed E-state index contributed by atoms with van der Waals surface area (Å²) in [6.07, 6.45) is 3.69. The smallest absolute Gasteiger partial charge is 0.152 e. The molecule has 0 amide bonds. The van der Waals surface area contributed by atoms with Crippen LogP contribution in [0.25, 0.3) is 17.0 Å². The molecule has 96 valence electrons. The van der Waals surface area contributed by atoms with E-state index in [-0.39, 0.29) is 6.61 Å². The summed E-state index contributed by atoms with van der Waals surface area (Å²) in [6.45, 7) is 1.93. The summed E-state index contributed by atoms with van der Waals surface area (Å²) in [5.41, 5.74) is 4.11. The molecular weight excluding hydrogens is 306 g/mol. The maximum Gasteiger partial charge on any atom is 0.152 e. The number of aliphatic hydroxyl groups is 1. The zero-order valence-electron chi connectivity index (χ0n) is 10.3. The standard InChI is InChI=1S/C14H12BrN3O/c1-9-6-10(15)14-17-13(11-4-2-3-5-16-11)12(8-19)18(14)7-9/h2-7,19H,8H2,1H3. The first kappa shape index (κ1) is 12.3. The summed E-state index contributed by atoms with van der Waals surface area (Å²) in [5.74, 6) is 0. The predicted molar refractivity (Wildman–Crippen MR) is 76.8 cm³/mol. The van der Waals surface area contributed by atoms with Crippen LogP contribution < -0.4 is 0 Å². The minimum atomic E-state index is -0.0804. The van der Waals surface area contributed by atoms with Crippen LogP contribution in [0.2, 0.25) is 0 Å². The molecular formula is C14H12BrN3O. The van der Waals surface area contributed by atoms with Gasteiger partial charge < -0.3 is 5.11 Å². The van der Waals surface area contributed by atoms with Gasteiger partial charge in [-0.25, -0.2) is 4.98 Å². The molecule has 3 heterocycles. The lowest BCUT2D eigenvalue weighted by Gasteiger charge is -2.03. The lowest BCUT2D eigenvalue weighted by atomic mass is 10.2. The Balaban J connectivity index is 2.35. The molecule has 0 spiro atoms. The number of aryl methyl sites for hydroxylation is 1. The Hall–Kier alpha value is -1.72. The molecule has 0 fully saturated rings. The van der Waals surface area contributed by atoms with Crippen molar-refractivity contribution < 1.29 is 5.11 Å². The Kier molecular flexibility index (Phi) is 3.08. The lowest BCUT2D eigenvalue weighted by molar-refractivity contribution is 0.276. The number of pyridine rings is 2. The zero-order valence-corrected chi connectivity index (χ0v) is 11.9. The van der Waals surface area contributed by atoms with Gasteiger partial charge in [-0.15, -0.1) is 0 Å². The normalized spacial score (nSPS) is 11.1. The van der Waals surface area contributed by atoms with E-state index in [1.807, 2.05) is 41.8 Å². The fraction of sp³-hybridized carbons (Fsp3) is 0.143. The molecule has 3 aromatic rings. The molecule has 3 rings (SSSR count). The third-order valence-corrected chi connectivity index (χ3v) is 3.55. The second-order valence-electron chi connectivity index (χ2n) is 4.34. The van der Waals surface area contributed by atoms with Gasteiger partial charge in [-0.3, -0.25) is 9.38 Å². The lowest BCUT2D eigenvalue weighted by Crippen LogP contribution is -1.96. The molecule has 3 aromatic heterocycles. The van der Waals surface area contributed by atoms with Gasteiger partial charge in [0, 0.05) is 12.4 Å². The van der Waals surface area contributed by atoms with Gasteiger partial charge in [0.05, 0.1) is 22.5 Å². The van der Waals surface area contributed by atoms with Gasteiger partial charge in [0.25, 0.3) is 0 Å². The minimum Gasteiger partial charge on any atom is -0.390 e. The third-order valence-electron chi connectivity index (χ3n) is 2.97. The maximum absolute atomic E-state index is 9.64. The van der Waals surface area contributed by atoms with Crippen LogP contribution in [0.1, 0.15) is 11.3 Å². The van der Waals surface area contributed by atoms with Gasteiger partial charge in [-0.2, -0.15) is 0 Å². The Labute approximate surface area is 118 Å². The van der Waals surface area contributed by atoms with E-state index < -0.39 is 0 Å². The van der Waals surface area contributed by atoms with Crippen molar-refractivity contribution in [2.24, 2.45) is 0 Å². The molecule has 0 saturated carbocycles. The molecule has 0 unspecified atom stereocenters. The SMILES string of the molecule is Cc1cc(Br)c2nc(-c3ccccn3)c(CO)n2c1. The first-order chi connectivity index (χ1) is 9.20.